The summed E-state index contributed by atoms with van der Waals surface area (Å²) < 4.78 is 12.7. The summed E-state index contributed by atoms with van der Waals surface area (Å²) in [5, 5.41) is 3.51. The van der Waals surface area contributed by atoms with Crippen LogP contribution in [0, 0.1) is 6.92 Å². The van der Waals surface area contributed by atoms with Crippen LogP contribution in [0.25, 0.3) is 0 Å². The van der Waals surface area contributed by atoms with Gasteiger partial charge in [-0.15, -0.1) is 0 Å². The maximum atomic E-state index is 6.70. The van der Waals surface area contributed by atoms with E-state index in [9.17, 15) is 0 Å². The van der Waals surface area contributed by atoms with Gasteiger partial charge in [-0.1, -0.05) is 66.7 Å². The van der Waals surface area contributed by atoms with Gasteiger partial charge in [-0.05, 0) is 72.6 Å². The van der Waals surface area contributed by atoms with Crippen LogP contribution in [0.2, 0.25) is 0 Å². The molecule has 1 atom stereocenters. The summed E-state index contributed by atoms with van der Waals surface area (Å²) >= 11 is 0. The van der Waals surface area contributed by atoms with Crippen LogP contribution in [0.4, 0.5) is 17.2 Å². The molecule has 0 fully saturated rings. The van der Waals surface area contributed by atoms with Crippen LogP contribution in [0.5, 0.6) is 11.5 Å². The zero-order valence-electron chi connectivity index (χ0n) is 22.8. The minimum absolute atomic E-state index is 0.488. The minimum atomic E-state index is -1.29. The Morgan fingerprint density at radius 3 is 2.22 bits per heavy atom. The number of anilines is 3. The third-order valence-corrected chi connectivity index (χ3v) is 6.76. The summed E-state index contributed by atoms with van der Waals surface area (Å²) in [6.45, 7) is 3.09. The molecule has 4 aromatic carbocycles. The number of fused-ring (bicyclic) bond motifs is 1. The Hall–Kier alpha value is -5.30. The Morgan fingerprint density at radius 1 is 0.780 bits per heavy atom. The van der Waals surface area contributed by atoms with E-state index in [4.69, 9.17) is 25.2 Å². The fourth-order valence-electron chi connectivity index (χ4n) is 4.73. The fraction of sp³-hybridized carbons (Fsp3) is 0.118. The second-order valence-corrected chi connectivity index (χ2v) is 9.92. The van der Waals surface area contributed by atoms with Gasteiger partial charge in [-0.25, -0.2) is 9.98 Å². The molecule has 0 aliphatic carbocycles. The lowest BCUT2D eigenvalue weighted by molar-refractivity contribution is 0.106. The lowest BCUT2D eigenvalue weighted by Crippen LogP contribution is -2.45. The summed E-state index contributed by atoms with van der Waals surface area (Å²) in [5.74, 6) is 0.846. The molecular formula is C34H31N5O2. The Bertz CT molecular complexity index is 1640. The maximum Gasteiger partial charge on any atom is 0.311 e. The van der Waals surface area contributed by atoms with Gasteiger partial charge in [-0.2, -0.15) is 0 Å². The number of pyridine rings is 1. The van der Waals surface area contributed by atoms with E-state index in [0.717, 1.165) is 39.6 Å². The molecule has 0 spiro atoms. The van der Waals surface area contributed by atoms with E-state index >= 15 is 0 Å². The number of hydrogen-bond acceptors (Lipinski definition) is 7. The summed E-state index contributed by atoms with van der Waals surface area (Å²) in [5.41, 5.74) is 11.5. The number of aryl methyl sites for hydroxylation is 1. The zero-order valence-corrected chi connectivity index (χ0v) is 22.8. The highest BCUT2D eigenvalue weighted by atomic mass is 16.5. The average molecular weight is 542 g/mol. The molecule has 1 aliphatic heterocycles. The summed E-state index contributed by atoms with van der Waals surface area (Å²) in [6.07, 6.45) is 1.79. The van der Waals surface area contributed by atoms with Crippen LogP contribution in [-0.4, -0.2) is 11.3 Å². The number of aliphatic imine (C=N–C) groups is 1. The molecule has 7 nitrogen and oxygen atoms in total. The highest BCUT2D eigenvalue weighted by Gasteiger charge is 2.41. The molecular weight excluding hydrogens is 510 g/mol. The van der Waals surface area contributed by atoms with Crippen molar-refractivity contribution in [3.8, 4) is 11.5 Å². The number of hydrogen-bond donors (Lipinski definition) is 2. The number of rotatable bonds is 9. The van der Waals surface area contributed by atoms with Crippen molar-refractivity contribution in [3.63, 3.8) is 0 Å². The second-order valence-electron chi connectivity index (χ2n) is 9.92. The zero-order chi connectivity index (χ0) is 28.1. The lowest BCUT2D eigenvalue weighted by Gasteiger charge is -2.38. The van der Waals surface area contributed by atoms with Crippen molar-refractivity contribution in [3.05, 3.63) is 144 Å². The first-order valence-corrected chi connectivity index (χ1v) is 13.5. The molecule has 0 amide bonds. The number of nitrogens with one attached hydrogen (secondary N) is 1. The normalized spacial score (nSPS) is 15.7. The number of aromatic nitrogens is 1. The number of nitrogens with two attached hydrogens (primary N) is 1. The highest BCUT2D eigenvalue weighted by Crippen LogP contribution is 2.39. The van der Waals surface area contributed by atoms with E-state index in [1.54, 1.807) is 6.34 Å². The van der Waals surface area contributed by atoms with Crippen LogP contribution in [0.3, 0.4) is 0 Å². The third kappa shape index (κ3) is 5.99. The number of ether oxygens (including phenoxy) is 2. The molecule has 7 heteroatoms. The van der Waals surface area contributed by atoms with E-state index < -0.39 is 5.85 Å². The van der Waals surface area contributed by atoms with Crippen molar-refractivity contribution < 1.29 is 9.47 Å². The second kappa shape index (κ2) is 11.4. The molecule has 0 saturated carbocycles. The van der Waals surface area contributed by atoms with Gasteiger partial charge in [0.25, 0.3) is 0 Å². The van der Waals surface area contributed by atoms with E-state index in [-0.39, 0.29) is 0 Å². The standard InChI is InChI=1S/C34H31N5O2/c1-25-15-20-32-33(37-25)39(22-26-9-4-2-5-10-26)24-36-34(32,38-29-14-8-13-28(35)21-29)41-31-18-16-30(17-19-31)40-23-27-11-6-3-7-12-27/h2-21,24,38H,22-23,35H2,1H3. The van der Waals surface area contributed by atoms with Crippen molar-refractivity contribution in [1.29, 1.82) is 0 Å². The molecule has 2 heterocycles. The molecule has 1 aliphatic rings. The molecule has 1 aromatic heterocycles. The van der Waals surface area contributed by atoms with Gasteiger partial charge in [0.2, 0.25) is 0 Å². The van der Waals surface area contributed by atoms with Gasteiger partial charge in [0.15, 0.2) is 0 Å². The maximum absolute atomic E-state index is 6.70. The third-order valence-electron chi connectivity index (χ3n) is 6.76. The molecule has 0 radical (unpaired) electrons. The van der Waals surface area contributed by atoms with Gasteiger partial charge in [0.1, 0.15) is 23.9 Å². The summed E-state index contributed by atoms with van der Waals surface area (Å²) in [4.78, 5) is 12.0. The quantitative estimate of drug-likeness (QED) is 0.156. The smallest absolute Gasteiger partial charge is 0.311 e. The Labute approximate surface area is 239 Å². The van der Waals surface area contributed by atoms with Gasteiger partial charge in [0.05, 0.1) is 18.4 Å². The number of nitrogen functional groups attached to an aromatic ring is 1. The van der Waals surface area contributed by atoms with Crippen molar-refractivity contribution >= 4 is 23.5 Å². The molecule has 1 unspecified atom stereocenters. The van der Waals surface area contributed by atoms with Crippen molar-refractivity contribution in [1.82, 2.24) is 4.98 Å². The van der Waals surface area contributed by atoms with Crippen molar-refractivity contribution in [2.24, 2.45) is 4.99 Å². The molecule has 6 rings (SSSR count). The first-order valence-electron chi connectivity index (χ1n) is 13.5. The fourth-order valence-corrected chi connectivity index (χ4v) is 4.73. The predicted molar refractivity (Wildman–Crippen MR) is 164 cm³/mol. The van der Waals surface area contributed by atoms with Gasteiger partial charge >= 0.3 is 5.85 Å². The Balaban J connectivity index is 1.33. The number of nitrogens with zero attached hydrogens (tertiary/aromatic N) is 3. The van der Waals surface area contributed by atoms with Crippen LogP contribution in [0.15, 0.2) is 126 Å². The van der Waals surface area contributed by atoms with Crippen molar-refractivity contribution in [2.45, 2.75) is 25.9 Å². The van der Waals surface area contributed by atoms with Gasteiger partial charge in [0, 0.05) is 17.1 Å². The SMILES string of the molecule is Cc1ccc2c(n1)N(Cc1ccccc1)C=NC2(Nc1cccc(N)c1)Oc1ccc(OCc2ccccc2)cc1. The lowest BCUT2D eigenvalue weighted by atomic mass is 10.1. The molecule has 41 heavy (non-hydrogen) atoms. The van der Waals surface area contributed by atoms with Crippen LogP contribution >= 0.6 is 0 Å². The topological polar surface area (TPSA) is 85.0 Å². The first-order chi connectivity index (χ1) is 20.1. The Morgan fingerprint density at radius 2 is 1.49 bits per heavy atom. The predicted octanol–water partition coefficient (Wildman–Crippen LogP) is 6.90. The number of benzene rings is 4. The van der Waals surface area contributed by atoms with Crippen molar-refractivity contribution in [2.75, 3.05) is 16.0 Å². The van der Waals surface area contributed by atoms with Crippen LogP contribution < -0.4 is 25.4 Å². The molecule has 3 N–H and O–H groups in total. The Kier molecular flexibility index (Phi) is 7.24. The first kappa shape index (κ1) is 26.0. The molecule has 0 bridgehead atoms. The van der Waals surface area contributed by atoms with Gasteiger partial charge < -0.3 is 25.4 Å². The van der Waals surface area contributed by atoms with E-state index in [2.05, 4.69) is 17.4 Å². The van der Waals surface area contributed by atoms with Gasteiger partial charge in [-0.3, -0.25) is 0 Å². The van der Waals surface area contributed by atoms with Crippen LogP contribution in [-0.2, 0) is 19.0 Å². The summed E-state index contributed by atoms with van der Waals surface area (Å²) in [6, 6.07) is 39.4. The summed E-state index contributed by atoms with van der Waals surface area (Å²) in [7, 11) is 0. The molecule has 5 aromatic rings. The monoisotopic (exact) mass is 541 g/mol. The highest BCUT2D eigenvalue weighted by molar-refractivity contribution is 5.83. The van der Waals surface area contributed by atoms with E-state index in [1.807, 2.05) is 121 Å². The molecule has 204 valence electrons. The largest absolute Gasteiger partial charge is 0.489 e. The van der Waals surface area contributed by atoms with E-state index in [0.29, 0.717) is 24.6 Å². The van der Waals surface area contributed by atoms with Crippen LogP contribution in [0.1, 0.15) is 22.4 Å². The average Bonchev–Trinajstić information content (AvgIpc) is 2.99. The van der Waals surface area contributed by atoms with E-state index in [1.165, 1.54) is 0 Å². The molecule has 0 saturated heterocycles. The minimum Gasteiger partial charge on any atom is -0.489 e.